The summed E-state index contributed by atoms with van der Waals surface area (Å²) in [5.74, 6) is -0.686. The number of nitrogens with one attached hydrogen (secondary N) is 2. The van der Waals surface area contributed by atoms with Crippen molar-refractivity contribution in [1.82, 2.24) is 15.5 Å². The lowest BCUT2D eigenvalue weighted by atomic mass is 10.0. The Balaban J connectivity index is 0.00000420. The lowest BCUT2D eigenvalue weighted by molar-refractivity contribution is 0.0711. The van der Waals surface area contributed by atoms with Crippen LogP contribution in [-0.4, -0.2) is 49.7 Å². The molecule has 0 fully saturated rings. The Bertz CT molecular complexity index is 765. The molecule has 0 radical (unpaired) electrons. The molecule has 0 amide bonds. The molecule has 0 aliphatic rings. The number of nitrogens with zero attached hydrogens (tertiary/aromatic N) is 2. The van der Waals surface area contributed by atoms with E-state index in [0.29, 0.717) is 12.5 Å². The van der Waals surface area contributed by atoms with Gasteiger partial charge in [0, 0.05) is 23.5 Å². The Morgan fingerprint density at radius 3 is 2.38 bits per heavy atom. The zero-order chi connectivity index (χ0) is 20.7. The first-order chi connectivity index (χ1) is 13.3. The second kappa shape index (κ2) is 11.8. The van der Waals surface area contributed by atoms with Crippen LogP contribution in [0.4, 0.5) is 8.78 Å². The zero-order valence-electron chi connectivity index (χ0n) is 17.1. The third kappa shape index (κ3) is 7.16. The number of hydrogen-bond donors (Lipinski definition) is 3. The molecule has 0 saturated carbocycles. The molecule has 9 heteroatoms. The number of aliphatic imine (C=N–C) groups is 1. The van der Waals surface area contributed by atoms with E-state index in [-0.39, 0.29) is 42.6 Å². The van der Waals surface area contributed by atoms with Crippen LogP contribution in [-0.2, 0) is 5.60 Å². The summed E-state index contributed by atoms with van der Waals surface area (Å²) >= 11 is 1.47. The van der Waals surface area contributed by atoms with Gasteiger partial charge in [-0.25, -0.2) is 13.8 Å². The quantitative estimate of drug-likeness (QED) is 0.273. The van der Waals surface area contributed by atoms with Crippen LogP contribution < -0.4 is 10.6 Å². The number of rotatable bonds is 8. The normalized spacial score (nSPS) is 14.8. The van der Waals surface area contributed by atoms with E-state index in [1.807, 2.05) is 24.4 Å². The van der Waals surface area contributed by atoms with Gasteiger partial charge >= 0.3 is 0 Å². The van der Waals surface area contributed by atoms with E-state index in [9.17, 15) is 13.9 Å². The van der Waals surface area contributed by atoms with Crippen molar-refractivity contribution in [3.63, 3.8) is 0 Å². The molecule has 5 nitrogen and oxygen atoms in total. The molecule has 1 aromatic heterocycles. The maximum absolute atomic E-state index is 14.2. The van der Waals surface area contributed by atoms with Gasteiger partial charge in [-0.2, -0.15) is 0 Å². The SMILES string of the molecule is CCNC(=NCC(C)(O)c1cccs1)NCC(c1c(F)cccc1F)N(C)C.I. The van der Waals surface area contributed by atoms with Crippen LogP contribution in [0.2, 0.25) is 0 Å². The van der Waals surface area contributed by atoms with Crippen molar-refractivity contribution in [3.8, 4) is 0 Å². The summed E-state index contributed by atoms with van der Waals surface area (Å²) in [6.07, 6.45) is 0. The van der Waals surface area contributed by atoms with Crippen molar-refractivity contribution in [2.24, 2.45) is 4.99 Å². The maximum atomic E-state index is 14.2. The van der Waals surface area contributed by atoms with Gasteiger partial charge in [0.2, 0.25) is 0 Å². The van der Waals surface area contributed by atoms with Crippen molar-refractivity contribution < 1.29 is 13.9 Å². The smallest absolute Gasteiger partial charge is 0.191 e. The summed E-state index contributed by atoms with van der Waals surface area (Å²) in [5.41, 5.74) is -1.07. The molecule has 0 saturated heterocycles. The minimum absolute atomic E-state index is 0. The molecule has 2 rings (SSSR count). The van der Waals surface area contributed by atoms with Crippen LogP contribution in [0.1, 0.15) is 30.3 Å². The molecule has 2 unspecified atom stereocenters. The maximum Gasteiger partial charge on any atom is 0.191 e. The van der Waals surface area contributed by atoms with Gasteiger partial charge in [0.05, 0.1) is 12.6 Å². The number of halogens is 3. The monoisotopic (exact) mass is 538 g/mol. The Kier molecular flexibility index (Phi) is 10.4. The average molecular weight is 538 g/mol. The topological polar surface area (TPSA) is 59.9 Å². The minimum atomic E-state index is -1.09. The van der Waals surface area contributed by atoms with E-state index in [4.69, 9.17) is 0 Å². The highest BCUT2D eigenvalue weighted by Gasteiger charge is 2.25. The van der Waals surface area contributed by atoms with E-state index in [1.165, 1.54) is 29.5 Å². The molecular formula is C20H29F2IN4OS. The Hall–Kier alpha value is -1.30. The largest absolute Gasteiger partial charge is 0.383 e. The highest BCUT2D eigenvalue weighted by atomic mass is 127. The van der Waals surface area contributed by atoms with E-state index in [2.05, 4.69) is 15.6 Å². The number of aliphatic hydroxyl groups is 1. The predicted octanol–water partition coefficient (Wildman–Crippen LogP) is 3.71. The Labute approximate surface area is 192 Å². The first kappa shape index (κ1) is 25.7. The molecule has 29 heavy (non-hydrogen) atoms. The second-order valence-electron chi connectivity index (χ2n) is 6.94. The Morgan fingerprint density at radius 1 is 1.21 bits per heavy atom. The van der Waals surface area contributed by atoms with Crippen molar-refractivity contribution in [3.05, 3.63) is 57.8 Å². The number of hydrogen-bond acceptors (Lipinski definition) is 4. The highest BCUT2D eigenvalue weighted by molar-refractivity contribution is 14.0. The first-order valence-electron chi connectivity index (χ1n) is 9.15. The van der Waals surface area contributed by atoms with Gasteiger partial charge in [-0.15, -0.1) is 35.3 Å². The van der Waals surface area contributed by atoms with Crippen LogP contribution in [0.3, 0.4) is 0 Å². The minimum Gasteiger partial charge on any atom is -0.383 e. The van der Waals surface area contributed by atoms with E-state index >= 15 is 0 Å². The number of benzene rings is 1. The van der Waals surface area contributed by atoms with E-state index in [0.717, 1.165) is 4.88 Å². The van der Waals surface area contributed by atoms with Gasteiger partial charge in [-0.1, -0.05) is 12.1 Å². The van der Waals surface area contributed by atoms with Gasteiger partial charge in [-0.3, -0.25) is 0 Å². The molecule has 2 atom stereocenters. The van der Waals surface area contributed by atoms with Crippen LogP contribution in [0.25, 0.3) is 0 Å². The molecule has 0 spiro atoms. The number of guanidine groups is 1. The fourth-order valence-electron chi connectivity index (χ4n) is 2.80. The van der Waals surface area contributed by atoms with Gasteiger partial charge in [0.15, 0.2) is 5.96 Å². The molecule has 0 aliphatic carbocycles. The average Bonchev–Trinajstić information content (AvgIpc) is 3.17. The summed E-state index contributed by atoms with van der Waals surface area (Å²) in [5, 5.41) is 18.8. The zero-order valence-corrected chi connectivity index (χ0v) is 20.2. The summed E-state index contributed by atoms with van der Waals surface area (Å²) < 4.78 is 28.4. The van der Waals surface area contributed by atoms with Crippen LogP contribution >= 0.6 is 35.3 Å². The third-order valence-corrected chi connectivity index (χ3v) is 5.48. The Morgan fingerprint density at radius 2 is 1.86 bits per heavy atom. The molecule has 0 bridgehead atoms. The fraction of sp³-hybridized carbons (Fsp3) is 0.450. The van der Waals surface area contributed by atoms with Gasteiger partial charge in [0.25, 0.3) is 0 Å². The lowest BCUT2D eigenvalue weighted by Gasteiger charge is -2.27. The summed E-state index contributed by atoms with van der Waals surface area (Å²) in [7, 11) is 3.54. The van der Waals surface area contributed by atoms with Crippen molar-refractivity contribution >= 4 is 41.3 Å². The highest BCUT2D eigenvalue weighted by Crippen LogP contribution is 2.26. The molecule has 0 aliphatic heterocycles. The molecule has 2 aromatic rings. The molecule has 3 N–H and O–H groups in total. The van der Waals surface area contributed by atoms with Crippen LogP contribution in [0.15, 0.2) is 40.7 Å². The first-order valence-corrected chi connectivity index (χ1v) is 10.0. The van der Waals surface area contributed by atoms with Crippen molar-refractivity contribution in [2.45, 2.75) is 25.5 Å². The molecule has 1 heterocycles. The number of thiophene rings is 1. The summed E-state index contributed by atoms with van der Waals surface area (Å²) in [4.78, 5) is 7.03. The summed E-state index contributed by atoms with van der Waals surface area (Å²) in [6, 6.07) is 7.09. The lowest BCUT2D eigenvalue weighted by Crippen LogP contribution is -2.43. The van der Waals surface area contributed by atoms with Crippen LogP contribution in [0, 0.1) is 11.6 Å². The molecular weight excluding hydrogens is 509 g/mol. The van der Waals surface area contributed by atoms with Gasteiger partial charge in [-0.05, 0) is 51.5 Å². The second-order valence-corrected chi connectivity index (χ2v) is 7.89. The third-order valence-electron chi connectivity index (χ3n) is 4.36. The van der Waals surface area contributed by atoms with E-state index < -0.39 is 23.3 Å². The van der Waals surface area contributed by atoms with Crippen LogP contribution in [0.5, 0.6) is 0 Å². The van der Waals surface area contributed by atoms with Gasteiger partial charge in [0.1, 0.15) is 17.2 Å². The van der Waals surface area contributed by atoms with Gasteiger partial charge < -0.3 is 20.6 Å². The fourth-order valence-corrected chi connectivity index (χ4v) is 3.58. The van der Waals surface area contributed by atoms with Crippen molar-refractivity contribution in [1.29, 1.82) is 0 Å². The standard InChI is InChI=1S/C20H28F2N4OS.HI/c1-5-23-19(25-13-20(2,27)17-10-7-11-28-17)24-12-16(26(3)4)18-14(21)8-6-9-15(18)22;/h6-11,16,27H,5,12-13H2,1-4H3,(H2,23,24,25);1H. The van der Waals surface area contributed by atoms with E-state index in [1.54, 1.807) is 25.9 Å². The number of likely N-dealkylation sites (N-methyl/N-ethyl adjacent to an activating group) is 1. The molecule has 162 valence electrons. The summed E-state index contributed by atoms with van der Waals surface area (Å²) in [6.45, 7) is 4.66. The predicted molar refractivity (Wildman–Crippen MR) is 126 cm³/mol. The van der Waals surface area contributed by atoms with Crippen molar-refractivity contribution in [2.75, 3.05) is 33.7 Å². The molecule has 1 aromatic carbocycles.